The molecule has 2 aromatic carbocycles. The second kappa shape index (κ2) is 7.89. The zero-order valence-electron chi connectivity index (χ0n) is 18.2. The first-order valence-corrected chi connectivity index (χ1v) is 10.2. The summed E-state index contributed by atoms with van der Waals surface area (Å²) in [6, 6.07) is 9.87. The number of hydrogen-bond acceptors (Lipinski definition) is 7. The number of aromatic hydroxyl groups is 1. The summed E-state index contributed by atoms with van der Waals surface area (Å²) in [5, 5.41) is 26.1. The van der Waals surface area contributed by atoms with Crippen molar-refractivity contribution >= 4 is 35.1 Å². The first kappa shape index (κ1) is 22.3. The van der Waals surface area contributed by atoms with Gasteiger partial charge in [-0.3, -0.25) is 24.5 Å². The van der Waals surface area contributed by atoms with Crippen molar-refractivity contribution in [2.45, 2.75) is 25.4 Å². The molecule has 0 radical (unpaired) electrons. The van der Waals surface area contributed by atoms with Crippen LogP contribution in [0.5, 0.6) is 11.5 Å². The van der Waals surface area contributed by atoms with Crippen LogP contribution < -0.4 is 20.3 Å². The number of para-hydroxylation sites is 1. The molecule has 3 amide bonds. The number of carboxylic acid groups (broad SMARTS) is 1. The molecule has 0 spiro atoms. The fourth-order valence-electron chi connectivity index (χ4n) is 4.71. The number of anilines is 2. The lowest BCUT2D eigenvalue weighted by molar-refractivity contribution is -0.147. The van der Waals surface area contributed by atoms with Gasteiger partial charge >= 0.3 is 5.97 Å². The fraction of sp³-hybridized carbons (Fsp3) is 0.304. The molecule has 2 aliphatic heterocycles. The Labute approximate surface area is 189 Å². The standard InChI is InChI=1S/C23H23N3O7/c1-11(27)24-12-7-9-13(10-8-12)26-20(29)16-17(21(26)30)23(2,22(31)32)25-18(16)14-5-4-6-15(33-3)19(14)28/h4-10,16-18,25,28H,1-3H3,(H,24,27)(H,31,32)/t16-,17-,18+,23+/m0/s1. The van der Waals surface area contributed by atoms with Crippen LogP contribution in [0.4, 0.5) is 11.4 Å². The van der Waals surface area contributed by atoms with Crippen molar-refractivity contribution in [2.75, 3.05) is 17.3 Å². The van der Waals surface area contributed by atoms with Crippen LogP contribution in [0, 0.1) is 11.8 Å². The van der Waals surface area contributed by atoms with Gasteiger partial charge in [-0.05, 0) is 37.3 Å². The van der Waals surface area contributed by atoms with Crippen molar-refractivity contribution in [3.63, 3.8) is 0 Å². The number of aliphatic carboxylic acids is 1. The molecule has 2 aliphatic rings. The lowest BCUT2D eigenvalue weighted by atomic mass is 9.80. The maximum Gasteiger partial charge on any atom is 0.324 e. The second-order valence-corrected chi connectivity index (χ2v) is 8.27. The number of hydrogen-bond donors (Lipinski definition) is 4. The fourth-order valence-corrected chi connectivity index (χ4v) is 4.71. The second-order valence-electron chi connectivity index (χ2n) is 8.27. The van der Waals surface area contributed by atoms with E-state index in [9.17, 15) is 29.4 Å². The lowest BCUT2D eigenvalue weighted by Gasteiger charge is -2.27. The van der Waals surface area contributed by atoms with E-state index in [2.05, 4.69) is 10.6 Å². The van der Waals surface area contributed by atoms with E-state index in [1.165, 1.54) is 39.2 Å². The van der Waals surface area contributed by atoms with Gasteiger partial charge in [-0.25, -0.2) is 4.90 Å². The first-order valence-electron chi connectivity index (χ1n) is 10.2. The molecule has 2 aromatic rings. The van der Waals surface area contributed by atoms with Gasteiger partial charge < -0.3 is 20.3 Å². The van der Waals surface area contributed by atoms with E-state index in [4.69, 9.17) is 4.74 Å². The Morgan fingerprint density at radius 3 is 2.36 bits per heavy atom. The molecule has 4 N–H and O–H groups in total. The molecule has 33 heavy (non-hydrogen) atoms. The van der Waals surface area contributed by atoms with Gasteiger partial charge in [0.2, 0.25) is 17.7 Å². The van der Waals surface area contributed by atoms with E-state index in [1.807, 2.05) is 0 Å². The number of methoxy groups -OCH3 is 1. The number of carbonyl (C=O) groups excluding carboxylic acids is 3. The summed E-state index contributed by atoms with van der Waals surface area (Å²) in [4.78, 5) is 51.4. The summed E-state index contributed by atoms with van der Waals surface area (Å²) in [6.07, 6.45) is 0. The maximum absolute atomic E-state index is 13.5. The lowest BCUT2D eigenvalue weighted by Crippen LogP contribution is -2.53. The Bertz CT molecular complexity index is 1160. The quantitative estimate of drug-likeness (QED) is 0.500. The highest BCUT2D eigenvalue weighted by Gasteiger charge is 2.67. The summed E-state index contributed by atoms with van der Waals surface area (Å²) in [5.74, 6) is -5.12. The molecule has 0 unspecified atom stereocenters. The molecule has 0 aliphatic carbocycles. The molecule has 10 heteroatoms. The molecule has 0 bridgehead atoms. The first-order chi connectivity index (χ1) is 15.6. The number of carboxylic acids is 1. The molecule has 2 fully saturated rings. The smallest absolute Gasteiger partial charge is 0.324 e. The average molecular weight is 453 g/mol. The van der Waals surface area contributed by atoms with Crippen LogP contribution in [-0.4, -0.2) is 46.6 Å². The number of phenols is 1. The van der Waals surface area contributed by atoms with E-state index < -0.39 is 41.2 Å². The number of rotatable bonds is 5. The Morgan fingerprint density at radius 2 is 1.79 bits per heavy atom. The molecule has 10 nitrogen and oxygen atoms in total. The van der Waals surface area contributed by atoms with E-state index in [1.54, 1.807) is 24.3 Å². The highest BCUT2D eigenvalue weighted by molar-refractivity contribution is 6.24. The van der Waals surface area contributed by atoms with Crippen molar-refractivity contribution < 1.29 is 34.1 Å². The zero-order valence-corrected chi connectivity index (χ0v) is 18.2. The Kier molecular flexibility index (Phi) is 5.33. The van der Waals surface area contributed by atoms with E-state index in [0.717, 1.165) is 4.90 Å². The molecule has 172 valence electrons. The van der Waals surface area contributed by atoms with Crippen molar-refractivity contribution in [3.05, 3.63) is 48.0 Å². The Hall–Kier alpha value is -3.92. The van der Waals surface area contributed by atoms with Gasteiger partial charge in [0, 0.05) is 24.2 Å². The van der Waals surface area contributed by atoms with Crippen molar-refractivity contribution in [3.8, 4) is 11.5 Å². The predicted octanol–water partition coefficient (Wildman–Crippen LogP) is 1.65. The third-order valence-corrected chi connectivity index (χ3v) is 6.26. The third kappa shape index (κ3) is 3.39. The van der Waals surface area contributed by atoms with Crippen molar-refractivity contribution in [1.82, 2.24) is 5.32 Å². The van der Waals surface area contributed by atoms with Crippen LogP contribution in [0.3, 0.4) is 0 Å². The molecule has 2 heterocycles. The van der Waals surface area contributed by atoms with Crippen molar-refractivity contribution in [1.29, 1.82) is 0 Å². The number of carbonyl (C=O) groups is 4. The zero-order chi connectivity index (χ0) is 24.1. The summed E-state index contributed by atoms with van der Waals surface area (Å²) in [7, 11) is 1.38. The van der Waals surface area contributed by atoms with Crippen LogP contribution >= 0.6 is 0 Å². The number of nitrogens with one attached hydrogen (secondary N) is 2. The van der Waals surface area contributed by atoms with Crippen LogP contribution in [-0.2, 0) is 19.2 Å². The van der Waals surface area contributed by atoms with Gasteiger partial charge in [-0.15, -0.1) is 0 Å². The number of fused-ring (bicyclic) bond motifs is 1. The van der Waals surface area contributed by atoms with Crippen molar-refractivity contribution in [2.24, 2.45) is 11.8 Å². The molecular weight excluding hydrogens is 430 g/mol. The minimum Gasteiger partial charge on any atom is -0.504 e. The Balaban J connectivity index is 1.78. The van der Waals surface area contributed by atoms with Crippen LogP contribution in [0.2, 0.25) is 0 Å². The largest absolute Gasteiger partial charge is 0.504 e. The minimum absolute atomic E-state index is 0.164. The number of amides is 3. The summed E-state index contributed by atoms with van der Waals surface area (Å²) < 4.78 is 5.15. The normalized spacial score (nSPS) is 26.3. The summed E-state index contributed by atoms with van der Waals surface area (Å²) in [5.41, 5.74) is -0.738. The van der Waals surface area contributed by atoms with Gasteiger partial charge in [0.05, 0.1) is 24.6 Å². The molecule has 0 aromatic heterocycles. The number of benzene rings is 2. The predicted molar refractivity (Wildman–Crippen MR) is 117 cm³/mol. The van der Waals surface area contributed by atoms with Gasteiger partial charge in [0.25, 0.3) is 0 Å². The highest BCUT2D eigenvalue weighted by atomic mass is 16.5. The monoisotopic (exact) mass is 453 g/mol. The van der Waals surface area contributed by atoms with E-state index in [-0.39, 0.29) is 28.7 Å². The average Bonchev–Trinajstić information content (AvgIpc) is 3.22. The highest BCUT2D eigenvalue weighted by Crippen LogP contribution is 2.51. The van der Waals surface area contributed by atoms with Gasteiger partial charge in [-0.2, -0.15) is 0 Å². The number of ether oxygens (including phenoxy) is 1. The van der Waals surface area contributed by atoms with E-state index in [0.29, 0.717) is 5.69 Å². The topological polar surface area (TPSA) is 145 Å². The maximum atomic E-state index is 13.5. The molecule has 4 rings (SSSR count). The minimum atomic E-state index is -1.75. The van der Waals surface area contributed by atoms with Crippen LogP contribution in [0.25, 0.3) is 0 Å². The number of phenolic OH excluding ortho intramolecular Hbond substituents is 1. The molecule has 0 saturated carbocycles. The third-order valence-electron chi connectivity index (χ3n) is 6.26. The number of imide groups is 1. The van der Waals surface area contributed by atoms with E-state index >= 15 is 0 Å². The van der Waals surface area contributed by atoms with Gasteiger partial charge in [0.1, 0.15) is 5.54 Å². The van der Waals surface area contributed by atoms with Crippen LogP contribution in [0.1, 0.15) is 25.5 Å². The summed E-state index contributed by atoms with van der Waals surface area (Å²) >= 11 is 0. The van der Waals surface area contributed by atoms with Crippen LogP contribution in [0.15, 0.2) is 42.5 Å². The SMILES string of the molecule is COc1cccc([C@H]2N[C@@](C)(C(=O)O)[C@@H]3C(=O)N(c4ccc(NC(C)=O)cc4)C(=O)[C@H]23)c1O. The summed E-state index contributed by atoms with van der Waals surface area (Å²) in [6.45, 7) is 2.72. The van der Waals surface area contributed by atoms with Gasteiger partial charge in [0.15, 0.2) is 11.5 Å². The molecule has 4 atom stereocenters. The van der Waals surface area contributed by atoms with Gasteiger partial charge in [-0.1, -0.05) is 12.1 Å². The number of nitrogens with zero attached hydrogens (tertiary/aromatic N) is 1. The Morgan fingerprint density at radius 1 is 1.12 bits per heavy atom. The molecule has 2 saturated heterocycles. The molecular formula is C23H23N3O7.